The summed E-state index contributed by atoms with van der Waals surface area (Å²) in [5.41, 5.74) is 0. The normalized spacial score (nSPS) is 13.1. The lowest BCUT2D eigenvalue weighted by Crippen LogP contribution is -2.54. The second kappa shape index (κ2) is 37.7. The van der Waals surface area contributed by atoms with Crippen LogP contribution in [0.15, 0.2) is 0 Å². The van der Waals surface area contributed by atoms with Gasteiger partial charge in [0.1, 0.15) is 12.1 Å². The molecule has 0 bridgehead atoms. The molecule has 61 heavy (non-hydrogen) atoms. The van der Waals surface area contributed by atoms with Crippen molar-refractivity contribution in [3.05, 3.63) is 0 Å². The zero-order chi connectivity index (χ0) is 45.7. The maximum atomic E-state index is 13.0. The largest absolute Gasteiger partial charge is 0.394 e. The van der Waals surface area contributed by atoms with Crippen LogP contribution in [0.4, 0.5) is 0 Å². The van der Waals surface area contributed by atoms with Crippen molar-refractivity contribution in [2.45, 2.75) is 59.0 Å². The highest BCUT2D eigenvalue weighted by molar-refractivity contribution is 7.51. The second-order valence-electron chi connectivity index (χ2n) is 14.3. The van der Waals surface area contributed by atoms with Crippen LogP contribution in [0.3, 0.4) is 0 Å². The zero-order valence-corrected chi connectivity index (χ0v) is 37.6. The van der Waals surface area contributed by atoms with E-state index in [2.05, 4.69) is 21.3 Å². The molecule has 0 aliphatic carbocycles. The van der Waals surface area contributed by atoms with E-state index in [0.29, 0.717) is 98.9 Å². The number of methoxy groups -OCH3 is 1. The summed E-state index contributed by atoms with van der Waals surface area (Å²) in [5, 5.41) is 19.4. The number of hydrogen-bond donors (Lipinski definition) is 7. The van der Waals surface area contributed by atoms with Crippen molar-refractivity contribution in [2.75, 3.05) is 145 Å². The number of nitrogens with one attached hydrogen (secondary N) is 4. The molecule has 0 heterocycles. The van der Waals surface area contributed by atoms with Gasteiger partial charge in [0.05, 0.1) is 131 Å². The molecule has 0 fully saturated rings. The van der Waals surface area contributed by atoms with Crippen molar-refractivity contribution in [2.24, 2.45) is 11.8 Å². The Hall–Kier alpha value is -2.86. The van der Waals surface area contributed by atoms with Gasteiger partial charge in [-0.1, -0.05) is 27.7 Å². The maximum absolute atomic E-state index is 13.0. The van der Waals surface area contributed by atoms with E-state index in [-0.39, 0.29) is 51.0 Å². The molecular weight excluding hydrogens is 829 g/mol. The fraction of sp³-hybridized carbons (Fsp3) is 0.868. The van der Waals surface area contributed by atoms with Gasteiger partial charge in [0.15, 0.2) is 0 Å². The average Bonchev–Trinajstić information content (AvgIpc) is 3.19. The van der Waals surface area contributed by atoms with Crippen LogP contribution in [0.25, 0.3) is 0 Å². The van der Waals surface area contributed by atoms with Crippen molar-refractivity contribution in [3.63, 3.8) is 0 Å². The lowest BCUT2D eigenvalue weighted by atomic mass is 10.0. The summed E-state index contributed by atoms with van der Waals surface area (Å²) in [6.07, 6.45) is 0.395. The third-order valence-corrected chi connectivity index (χ3v) is 9.19. The summed E-state index contributed by atoms with van der Waals surface area (Å²) < 4.78 is 54.1. The van der Waals surface area contributed by atoms with Gasteiger partial charge < -0.3 is 79.0 Å². The quantitative estimate of drug-likeness (QED) is 0.0270. The Morgan fingerprint density at radius 3 is 1.51 bits per heavy atom. The molecule has 0 aliphatic rings. The fourth-order valence-corrected chi connectivity index (χ4v) is 6.10. The molecule has 0 saturated heterocycles. The van der Waals surface area contributed by atoms with E-state index in [1.165, 1.54) is 11.8 Å². The standard InChI is InChI=1S/C38H74N5O17P/c1-6-8-43(36(47)7-9-54-12-13-56-16-17-58-20-21-60-23-22-59-19-18-57-15-14-55-11-10-53-5)27-35(46)41-32(24-30(2)3)37(48)40-26-34(45)42-33(28-44)38(49)39-25-31(4)29-61(50,51)52/h30-33,44H,6-29H2,1-5H3,(H,39,49)(H,40,48)(H,41,46)(H,42,45)(H2,50,51,52)/t31-,32+,33?/m1/s1. The topological polar surface area (TPSA) is 288 Å². The van der Waals surface area contributed by atoms with Crippen LogP contribution in [-0.2, 0) is 66.4 Å². The SMILES string of the molecule is CCCN(CC(=O)N[C@@H](CC(C)C)C(=O)NCC(=O)NC(CO)C(=O)NC[C@@H](C)CP(=O)(O)O)C(=O)CCOCCOCCOCCOCCOCCOCCOCCOC. The van der Waals surface area contributed by atoms with E-state index < -0.39 is 68.5 Å². The van der Waals surface area contributed by atoms with Gasteiger partial charge in [-0.2, -0.15) is 0 Å². The van der Waals surface area contributed by atoms with Crippen LogP contribution in [0, 0.1) is 11.8 Å². The van der Waals surface area contributed by atoms with Crippen molar-refractivity contribution in [1.82, 2.24) is 26.2 Å². The summed E-state index contributed by atoms with van der Waals surface area (Å²) in [7, 11) is -2.66. The minimum atomic E-state index is -4.29. The number of hydrogen-bond acceptors (Lipinski definition) is 15. The van der Waals surface area contributed by atoms with Gasteiger partial charge in [-0.25, -0.2) is 0 Å². The molecule has 23 heteroatoms. The first-order valence-electron chi connectivity index (χ1n) is 20.7. The Morgan fingerprint density at radius 2 is 1.08 bits per heavy atom. The molecule has 0 aromatic heterocycles. The number of aliphatic hydroxyl groups is 1. The summed E-state index contributed by atoms with van der Waals surface area (Å²) in [4.78, 5) is 83.5. The van der Waals surface area contributed by atoms with E-state index in [4.69, 9.17) is 47.7 Å². The van der Waals surface area contributed by atoms with Gasteiger partial charge >= 0.3 is 7.60 Å². The first kappa shape index (κ1) is 58.1. The number of rotatable bonds is 41. The number of amides is 5. The molecule has 1 unspecified atom stereocenters. The van der Waals surface area contributed by atoms with Crippen molar-refractivity contribution >= 4 is 37.1 Å². The molecule has 0 radical (unpaired) electrons. The Kier molecular flexibility index (Phi) is 35.9. The van der Waals surface area contributed by atoms with Crippen molar-refractivity contribution in [3.8, 4) is 0 Å². The lowest BCUT2D eigenvalue weighted by molar-refractivity contribution is -0.138. The van der Waals surface area contributed by atoms with Gasteiger partial charge in [-0.05, 0) is 24.7 Å². The van der Waals surface area contributed by atoms with E-state index in [1.807, 2.05) is 20.8 Å². The molecular formula is C38H74N5O17P. The van der Waals surface area contributed by atoms with Crippen LogP contribution in [0.2, 0.25) is 0 Å². The van der Waals surface area contributed by atoms with E-state index in [0.717, 1.165) is 0 Å². The molecule has 0 aromatic rings. The third-order valence-electron chi connectivity index (χ3n) is 8.10. The fourth-order valence-electron chi connectivity index (χ4n) is 5.16. The molecule has 0 aliphatic heterocycles. The average molecular weight is 904 g/mol. The van der Waals surface area contributed by atoms with Gasteiger partial charge in [0.25, 0.3) is 0 Å². The maximum Gasteiger partial charge on any atom is 0.325 e. The Balaban J connectivity index is 4.34. The van der Waals surface area contributed by atoms with Crippen LogP contribution in [0.1, 0.15) is 47.0 Å². The number of carbonyl (C=O) groups is 5. The highest BCUT2D eigenvalue weighted by Gasteiger charge is 2.26. The minimum Gasteiger partial charge on any atom is -0.394 e. The van der Waals surface area contributed by atoms with E-state index >= 15 is 0 Å². The predicted octanol–water partition coefficient (Wildman–Crippen LogP) is -1.57. The number of aliphatic hydroxyl groups excluding tert-OH is 1. The smallest absolute Gasteiger partial charge is 0.325 e. The van der Waals surface area contributed by atoms with Crippen LogP contribution in [-0.4, -0.2) is 207 Å². The summed E-state index contributed by atoms with van der Waals surface area (Å²) in [6, 6.07) is -2.40. The van der Waals surface area contributed by atoms with Crippen LogP contribution >= 0.6 is 7.60 Å². The van der Waals surface area contributed by atoms with Gasteiger partial charge in [0, 0.05) is 20.2 Å². The Morgan fingerprint density at radius 1 is 0.639 bits per heavy atom. The van der Waals surface area contributed by atoms with E-state index in [1.54, 1.807) is 7.11 Å². The molecule has 358 valence electrons. The second-order valence-corrected chi connectivity index (χ2v) is 16.0. The third kappa shape index (κ3) is 35.3. The summed E-state index contributed by atoms with van der Waals surface area (Å²) in [6.45, 7) is 11.9. The van der Waals surface area contributed by atoms with Crippen molar-refractivity contribution in [1.29, 1.82) is 0 Å². The Bertz CT molecular complexity index is 1230. The summed E-state index contributed by atoms with van der Waals surface area (Å²) in [5.74, 6) is -3.70. The Labute approximate surface area is 360 Å². The predicted molar refractivity (Wildman–Crippen MR) is 222 cm³/mol. The van der Waals surface area contributed by atoms with E-state index in [9.17, 15) is 33.6 Å². The molecule has 22 nitrogen and oxygen atoms in total. The molecule has 7 N–H and O–H groups in total. The zero-order valence-electron chi connectivity index (χ0n) is 36.7. The molecule has 0 aromatic carbocycles. The summed E-state index contributed by atoms with van der Waals surface area (Å²) >= 11 is 0. The highest BCUT2D eigenvalue weighted by atomic mass is 31.2. The molecule has 0 spiro atoms. The minimum absolute atomic E-state index is 0.0289. The molecule has 0 rings (SSSR count). The number of nitrogens with zero attached hydrogens (tertiary/aromatic N) is 1. The van der Waals surface area contributed by atoms with Gasteiger partial charge in [-0.3, -0.25) is 28.5 Å². The first-order chi connectivity index (χ1) is 29.1. The monoisotopic (exact) mass is 903 g/mol. The molecule has 3 atom stereocenters. The number of ether oxygens (including phenoxy) is 8. The molecule has 5 amide bonds. The van der Waals surface area contributed by atoms with Gasteiger partial charge in [0.2, 0.25) is 29.5 Å². The first-order valence-corrected chi connectivity index (χ1v) is 22.5. The highest BCUT2D eigenvalue weighted by Crippen LogP contribution is 2.36. The van der Waals surface area contributed by atoms with Crippen LogP contribution < -0.4 is 21.3 Å². The van der Waals surface area contributed by atoms with Gasteiger partial charge in [-0.15, -0.1) is 0 Å². The lowest BCUT2D eigenvalue weighted by Gasteiger charge is -2.25. The molecule has 0 saturated carbocycles. The number of carbonyl (C=O) groups excluding carboxylic acids is 5. The van der Waals surface area contributed by atoms with Crippen LogP contribution in [0.5, 0.6) is 0 Å². The van der Waals surface area contributed by atoms with Crippen molar-refractivity contribution < 1.29 is 81.3 Å².